The van der Waals surface area contributed by atoms with E-state index in [0.29, 0.717) is 21.1 Å². The molecular formula is C28H33ClN4O2S2. The highest BCUT2D eigenvalue weighted by atomic mass is 35.5. The van der Waals surface area contributed by atoms with Crippen molar-refractivity contribution in [3.05, 3.63) is 75.9 Å². The fraction of sp³-hybridized carbons (Fsp3) is 0.321. The van der Waals surface area contributed by atoms with Crippen molar-refractivity contribution in [3.8, 4) is 11.3 Å². The number of nitrogens with zero attached hydrogens (tertiary/aromatic N) is 2. The van der Waals surface area contributed by atoms with E-state index in [-0.39, 0.29) is 18.4 Å². The predicted molar refractivity (Wildman–Crippen MR) is 158 cm³/mol. The summed E-state index contributed by atoms with van der Waals surface area (Å²) >= 11 is 9.06. The number of hydrogen-bond donors (Lipinski definition) is 2. The van der Waals surface area contributed by atoms with Gasteiger partial charge in [-0.2, -0.15) is 0 Å². The third-order valence-electron chi connectivity index (χ3n) is 5.36. The average molecular weight is 557 g/mol. The van der Waals surface area contributed by atoms with Crippen molar-refractivity contribution in [1.29, 1.82) is 0 Å². The fourth-order valence-corrected chi connectivity index (χ4v) is 5.25. The summed E-state index contributed by atoms with van der Waals surface area (Å²) in [5.41, 5.74) is 5.83. The first-order valence-corrected chi connectivity index (χ1v) is 14.4. The molecular weight excluding hydrogens is 524 g/mol. The zero-order valence-electron chi connectivity index (χ0n) is 21.8. The number of nitrogens with one attached hydrogen (secondary N) is 2. The topological polar surface area (TPSA) is 76.0 Å². The van der Waals surface area contributed by atoms with Gasteiger partial charge in [0.2, 0.25) is 5.91 Å². The van der Waals surface area contributed by atoms with Crippen LogP contribution in [0.1, 0.15) is 63.4 Å². The first-order chi connectivity index (χ1) is 17.7. The van der Waals surface area contributed by atoms with E-state index in [4.69, 9.17) is 11.6 Å². The number of carbonyl (C=O) groups is 2. The number of allylic oxidation sites excluding steroid dienone is 4. The quantitative estimate of drug-likeness (QED) is 0.237. The van der Waals surface area contributed by atoms with E-state index in [2.05, 4.69) is 60.7 Å². The number of rotatable bonds is 11. The molecule has 0 radical (unpaired) electrons. The summed E-state index contributed by atoms with van der Waals surface area (Å²) < 4.78 is 1.75. The molecule has 6 nitrogen and oxygen atoms in total. The van der Waals surface area contributed by atoms with Crippen LogP contribution in [0.3, 0.4) is 0 Å². The van der Waals surface area contributed by atoms with E-state index in [1.165, 1.54) is 34.4 Å². The Morgan fingerprint density at radius 1 is 1.22 bits per heavy atom. The molecule has 3 aromatic rings. The van der Waals surface area contributed by atoms with Crippen LogP contribution in [0, 0.1) is 0 Å². The SMILES string of the molecule is CC/C=C(/C=C(/C)CC)c1cccc(-c2csc(NC(=O)CNC(=O)c3cc(Cl)n(SC(C)C)c3)n2)c1. The van der Waals surface area contributed by atoms with E-state index < -0.39 is 0 Å². The van der Waals surface area contributed by atoms with Crippen molar-refractivity contribution < 1.29 is 9.59 Å². The number of carbonyl (C=O) groups excluding carboxylic acids is 2. The molecule has 0 aliphatic heterocycles. The number of aromatic nitrogens is 2. The van der Waals surface area contributed by atoms with Gasteiger partial charge in [0.25, 0.3) is 5.91 Å². The van der Waals surface area contributed by atoms with Crippen molar-refractivity contribution in [2.24, 2.45) is 0 Å². The number of anilines is 1. The highest BCUT2D eigenvalue weighted by Crippen LogP contribution is 2.29. The third-order valence-corrected chi connectivity index (χ3v) is 7.46. The largest absolute Gasteiger partial charge is 0.343 e. The van der Waals surface area contributed by atoms with Gasteiger partial charge in [-0.15, -0.1) is 11.3 Å². The summed E-state index contributed by atoms with van der Waals surface area (Å²) in [5.74, 6) is -0.710. The van der Waals surface area contributed by atoms with Crippen LogP contribution in [0.5, 0.6) is 0 Å². The minimum absolute atomic E-state index is 0.169. The summed E-state index contributed by atoms with van der Waals surface area (Å²) in [5, 5.41) is 8.58. The van der Waals surface area contributed by atoms with E-state index in [0.717, 1.165) is 29.7 Å². The van der Waals surface area contributed by atoms with Gasteiger partial charge in [-0.25, -0.2) is 4.98 Å². The molecule has 0 saturated carbocycles. The van der Waals surface area contributed by atoms with Crippen LogP contribution >= 0.6 is 34.9 Å². The molecule has 0 aliphatic rings. The Bertz CT molecular complexity index is 1310. The molecule has 1 aromatic carbocycles. The summed E-state index contributed by atoms with van der Waals surface area (Å²) in [6.07, 6.45) is 8.09. The van der Waals surface area contributed by atoms with Crippen LogP contribution in [-0.2, 0) is 4.79 Å². The van der Waals surface area contributed by atoms with Crippen molar-refractivity contribution in [2.75, 3.05) is 11.9 Å². The molecule has 0 fully saturated rings. The Hall–Kier alpha value is -2.81. The molecule has 0 spiro atoms. The van der Waals surface area contributed by atoms with Gasteiger partial charge < -0.3 is 10.6 Å². The highest BCUT2D eigenvalue weighted by Gasteiger charge is 2.15. The summed E-state index contributed by atoms with van der Waals surface area (Å²) in [6, 6.07) is 9.85. The Labute approximate surface area is 232 Å². The monoisotopic (exact) mass is 556 g/mol. The van der Waals surface area contributed by atoms with Crippen LogP contribution in [0.4, 0.5) is 5.13 Å². The second kappa shape index (κ2) is 13.7. The van der Waals surface area contributed by atoms with Crippen molar-refractivity contribution in [3.63, 3.8) is 0 Å². The molecule has 2 N–H and O–H groups in total. The molecule has 0 atom stereocenters. The van der Waals surface area contributed by atoms with Crippen LogP contribution < -0.4 is 10.6 Å². The Morgan fingerprint density at radius 2 is 2.00 bits per heavy atom. The minimum atomic E-state index is -0.361. The minimum Gasteiger partial charge on any atom is -0.343 e. The molecule has 2 amide bonds. The maximum Gasteiger partial charge on any atom is 0.253 e. The molecule has 196 valence electrons. The van der Waals surface area contributed by atoms with Gasteiger partial charge in [0.1, 0.15) is 5.15 Å². The first kappa shape index (κ1) is 28.8. The number of amides is 2. The van der Waals surface area contributed by atoms with Crippen molar-refractivity contribution in [2.45, 2.75) is 52.7 Å². The molecule has 9 heteroatoms. The average Bonchev–Trinajstić information content (AvgIpc) is 3.48. The van der Waals surface area contributed by atoms with Crippen LogP contribution in [0.25, 0.3) is 16.8 Å². The Kier molecular flexibility index (Phi) is 10.6. The molecule has 37 heavy (non-hydrogen) atoms. The van der Waals surface area contributed by atoms with E-state index >= 15 is 0 Å². The van der Waals surface area contributed by atoms with Gasteiger partial charge in [0.05, 0.1) is 17.8 Å². The predicted octanol–water partition coefficient (Wildman–Crippen LogP) is 7.69. The van der Waals surface area contributed by atoms with Crippen LogP contribution in [0.15, 0.2) is 59.6 Å². The number of hydrogen-bond acceptors (Lipinski definition) is 5. The summed E-state index contributed by atoms with van der Waals surface area (Å²) in [6.45, 7) is 10.3. The second-order valence-electron chi connectivity index (χ2n) is 8.79. The lowest BCUT2D eigenvalue weighted by molar-refractivity contribution is -0.115. The van der Waals surface area contributed by atoms with Gasteiger partial charge in [-0.1, -0.05) is 75.2 Å². The second-order valence-corrected chi connectivity index (χ2v) is 11.6. The normalized spacial score (nSPS) is 12.2. The number of benzene rings is 1. The standard InChI is InChI=1S/C28H33ClN4O2S2/c1-6-9-20(12-19(5)7-2)21-10-8-11-22(13-21)24-17-36-28(31-24)32-26(34)15-30-27(35)23-14-25(29)33(16-23)37-18(3)4/h8-14,16-18H,6-7,15H2,1-5H3,(H,30,35)(H,31,32,34)/b19-12-,20-9-. The lowest BCUT2D eigenvalue weighted by Gasteiger charge is -2.07. The lowest BCUT2D eigenvalue weighted by atomic mass is 9.99. The van der Waals surface area contributed by atoms with Crippen LogP contribution in [0.2, 0.25) is 5.15 Å². The third kappa shape index (κ3) is 8.35. The van der Waals surface area contributed by atoms with Gasteiger partial charge in [0, 0.05) is 22.4 Å². The van der Waals surface area contributed by atoms with E-state index in [1.54, 1.807) is 16.2 Å². The molecule has 2 aromatic heterocycles. The van der Waals surface area contributed by atoms with Gasteiger partial charge in [-0.3, -0.25) is 13.6 Å². The molecule has 3 rings (SSSR count). The summed E-state index contributed by atoms with van der Waals surface area (Å²) in [4.78, 5) is 29.5. The highest BCUT2D eigenvalue weighted by molar-refractivity contribution is 7.98. The lowest BCUT2D eigenvalue weighted by Crippen LogP contribution is -2.32. The molecule has 2 heterocycles. The molecule has 0 bridgehead atoms. The zero-order chi connectivity index (χ0) is 26.9. The van der Waals surface area contributed by atoms with Crippen LogP contribution in [-0.4, -0.2) is 32.6 Å². The number of thiazole rings is 1. The fourth-order valence-electron chi connectivity index (χ4n) is 3.44. The zero-order valence-corrected chi connectivity index (χ0v) is 24.2. The smallest absolute Gasteiger partial charge is 0.253 e. The van der Waals surface area contributed by atoms with Gasteiger partial charge in [-0.05, 0) is 55.0 Å². The van der Waals surface area contributed by atoms with Crippen molar-refractivity contribution in [1.82, 2.24) is 14.3 Å². The Morgan fingerprint density at radius 3 is 2.70 bits per heavy atom. The summed E-state index contributed by atoms with van der Waals surface area (Å²) in [7, 11) is 0. The first-order valence-electron chi connectivity index (χ1n) is 12.3. The molecule has 0 saturated heterocycles. The Balaban J connectivity index is 1.63. The van der Waals surface area contributed by atoms with Gasteiger partial charge >= 0.3 is 0 Å². The maximum atomic E-state index is 12.5. The van der Waals surface area contributed by atoms with Crippen molar-refractivity contribution >= 4 is 57.4 Å². The van der Waals surface area contributed by atoms with E-state index in [9.17, 15) is 9.59 Å². The van der Waals surface area contributed by atoms with E-state index in [1.807, 2.05) is 31.4 Å². The van der Waals surface area contributed by atoms with Gasteiger partial charge in [0.15, 0.2) is 5.13 Å². The molecule has 0 unspecified atom stereocenters. The molecule has 0 aliphatic carbocycles. The number of halogens is 1. The maximum absolute atomic E-state index is 12.5.